The molecule has 6 heteroatoms. The summed E-state index contributed by atoms with van der Waals surface area (Å²) in [5.74, 6) is 0. The average molecular weight is 1120 g/mol. The van der Waals surface area contributed by atoms with Crippen LogP contribution in [0.5, 0.6) is 0 Å². The van der Waals surface area contributed by atoms with Crippen LogP contribution in [0.2, 0.25) is 0 Å². The number of hydrogen-bond donors (Lipinski definition) is 0. The summed E-state index contributed by atoms with van der Waals surface area (Å²) in [5, 5.41) is 13.3. The Bertz CT molecular complexity index is 5950. The summed E-state index contributed by atoms with van der Waals surface area (Å²) < 4.78 is 0. The number of rotatable bonds is 7. The lowest BCUT2D eigenvalue weighted by molar-refractivity contribution is 1.37. The lowest BCUT2D eigenvalue weighted by Crippen LogP contribution is -1.93. The van der Waals surface area contributed by atoms with Gasteiger partial charge in [-0.05, 0) is 134 Å². The van der Waals surface area contributed by atoms with Crippen molar-refractivity contribution in [3.05, 3.63) is 291 Å². The van der Waals surface area contributed by atoms with Gasteiger partial charge in [0, 0.05) is 70.9 Å². The predicted octanol–water partition coefficient (Wildman–Crippen LogP) is 21.3. The molecule has 0 aliphatic carbocycles. The van der Waals surface area contributed by atoms with E-state index in [4.69, 9.17) is 29.9 Å². The van der Waals surface area contributed by atoms with Gasteiger partial charge in [-0.15, -0.1) is 0 Å². The monoisotopic (exact) mass is 1120 g/mol. The molecule has 88 heavy (non-hydrogen) atoms. The van der Waals surface area contributed by atoms with Gasteiger partial charge < -0.3 is 0 Å². The second-order valence-corrected chi connectivity index (χ2v) is 23.0. The van der Waals surface area contributed by atoms with Gasteiger partial charge in [0.05, 0.1) is 66.9 Å². The molecular formula is C82H48N6. The molecule has 0 amide bonds. The molecule has 0 aliphatic rings. The van der Waals surface area contributed by atoms with Crippen LogP contribution in [0.3, 0.4) is 0 Å². The number of nitrogens with zero attached hydrogens (tertiary/aromatic N) is 6. The number of aromatic nitrogens is 6. The zero-order chi connectivity index (χ0) is 57.8. The Balaban J connectivity index is 0.663. The Kier molecular flexibility index (Phi) is 11.2. The van der Waals surface area contributed by atoms with Crippen molar-refractivity contribution in [3.63, 3.8) is 0 Å². The minimum Gasteiger partial charge on any atom is -0.248 e. The fraction of sp³-hybridized carbons (Fsp3) is 0. The van der Waals surface area contributed by atoms with E-state index in [0.717, 1.165) is 176 Å². The fourth-order valence-electron chi connectivity index (χ4n) is 13.2. The first-order valence-electron chi connectivity index (χ1n) is 29.8. The van der Waals surface area contributed by atoms with Gasteiger partial charge in [-0.25, -0.2) is 29.9 Å². The van der Waals surface area contributed by atoms with Gasteiger partial charge in [-0.1, -0.05) is 206 Å². The van der Waals surface area contributed by atoms with Crippen LogP contribution in [-0.4, -0.2) is 29.9 Å². The van der Waals surface area contributed by atoms with Gasteiger partial charge in [0.15, 0.2) is 0 Å². The molecule has 12 aromatic carbocycles. The van der Waals surface area contributed by atoms with Crippen LogP contribution in [0.4, 0.5) is 0 Å². The topological polar surface area (TPSA) is 77.3 Å². The SMILES string of the molecule is c1cc(-c2ccc3nc4ccccc4cc3c2)cc(-c2ccc3ccc4ccc(-c5cc(-c6cccc7cc8cc(-c9ccc(-c%10ccc%11ccc%12ccc(-c%13cccc%14ccccc%13%14)nc%12c%11n%10)cc9)ccc8nc67)c6ccccc6c5)nc4c3n2)c1. The first kappa shape index (κ1) is 49.6. The normalized spacial score (nSPS) is 11.9. The third-order valence-electron chi connectivity index (χ3n) is 17.7. The summed E-state index contributed by atoms with van der Waals surface area (Å²) in [6.07, 6.45) is 0. The van der Waals surface area contributed by atoms with Crippen molar-refractivity contribution in [1.82, 2.24) is 29.9 Å². The fourth-order valence-corrected chi connectivity index (χ4v) is 13.2. The molecule has 0 radical (unpaired) electrons. The van der Waals surface area contributed by atoms with E-state index in [1.165, 1.54) is 10.8 Å². The predicted molar refractivity (Wildman–Crippen MR) is 366 cm³/mol. The maximum atomic E-state index is 5.47. The number of benzene rings is 12. The molecule has 0 atom stereocenters. The lowest BCUT2D eigenvalue weighted by atomic mass is 9.92. The van der Waals surface area contributed by atoms with Gasteiger partial charge in [0.1, 0.15) is 0 Å². The molecule has 0 saturated heterocycles. The van der Waals surface area contributed by atoms with Gasteiger partial charge in [-0.2, -0.15) is 0 Å². The highest BCUT2D eigenvalue weighted by atomic mass is 14.8. The third-order valence-corrected chi connectivity index (χ3v) is 17.7. The van der Waals surface area contributed by atoms with Crippen molar-refractivity contribution < 1.29 is 0 Å². The number of fused-ring (bicyclic) bond motifs is 12. The van der Waals surface area contributed by atoms with Crippen LogP contribution in [0.15, 0.2) is 291 Å². The molecule has 6 nitrogen and oxygen atoms in total. The Morgan fingerprint density at radius 2 is 0.591 bits per heavy atom. The highest BCUT2D eigenvalue weighted by Crippen LogP contribution is 2.40. The maximum absolute atomic E-state index is 5.47. The van der Waals surface area contributed by atoms with E-state index in [1.807, 2.05) is 6.07 Å². The van der Waals surface area contributed by atoms with Crippen molar-refractivity contribution in [1.29, 1.82) is 0 Å². The first-order chi connectivity index (χ1) is 43.5. The van der Waals surface area contributed by atoms with E-state index in [9.17, 15) is 0 Å². The van der Waals surface area contributed by atoms with Crippen molar-refractivity contribution in [2.75, 3.05) is 0 Å². The molecule has 0 spiro atoms. The van der Waals surface area contributed by atoms with Crippen LogP contribution in [-0.2, 0) is 0 Å². The first-order valence-corrected chi connectivity index (χ1v) is 29.8. The summed E-state index contributed by atoms with van der Waals surface area (Å²) >= 11 is 0. The smallest absolute Gasteiger partial charge is 0.0972 e. The van der Waals surface area contributed by atoms with E-state index >= 15 is 0 Å². The van der Waals surface area contributed by atoms with Crippen molar-refractivity contribution >= 4 is 109 Å². The highest BCUT2D eigenvalue weighted by Gasteiger charge is 2.17. The standard InChI is InChI=1S/C82H48N6/c1-4-17-66-50(10-1)13-8-19-68(66)77-41-33-55-29-28-52-30-36-72(85-81(52)82(55)88-77)51-24-22-49(23-25-51)57-34-40-75-64(43-57)47-62-16-9-20-69(78(62)84-75)70-48-65(45-59-11-2-5-18-67(59)70)76-38-32-54-27-26-53-31-37-73(86-79(53)80(54)87-76)61-15-7-14-56(42-61)58-35-39-74-63(44-58)46-60-12-3-6-21-71(60)83-74/h1-48H. The molecule has 0 saturated carbocycles. The minimum atomic E-state index is 0.867. The third kappa shape index (κ3) is 8.41. The van der Waals surface area contributed by atoms with Gasteiger partial charge in [-0.3, -0.25) is 0 Å². The molecule has 0 fully saturated rings. The van der Waals surface area contributed by atoms with Crippen LogP contribution >= 0.6 is 0 Å². The van der Waals surface area contributed by atoms with Gasteiger partial charge >= 0.3 is 0 Å². The lowest BCUT2D eigenvalue weighted by Gasteiger charge is -2.14. The zero-order valence-corrected chi connectivity index (χ0v) is 47.4. The number of para-hydroxylation sites is 2. The molecule has 6 heterocycles. The molecule has 0 bridgehead atoms. The second-order valence-electron chi connectivity index (χ2n) is 23.0. The second kappa shape index (κ2) is 19.9. The van der Waals surface area contributed by atoms with Crippen molar-refractivity contribution in [2.24, 2.45) is 0 Å². The van der Waals surface area contributed by atoms with E-state index in [1.54, 1.807) is 0 Å². The van der Waals surface area contributed by atoms with Crippen LogP contribution in [0.1, 0.15) is 0 Å². The minimum absolute atomic E-state index is 0.867. The molecule has 6 aromatic heterocycles. The summed E-state index contributed by atoms with van der Waals surface area (Å²) in [7, 11) is 0. The molecule has 406 valence electrons. The molecule has 18 aromatic rings. The average Bonchev–Trinajstić information content (AvgIpc) is 1.57. The van der Waals surface area contributed by atoms with E-state index in [2.05, 4.69) is 285 Å². The van der Waals surface area contributed by atoms with E-state index < -0.39 is 0 Å². The largest absolute Gasteiger partial charge is 0.248 e. The Labute approximate surface area is 505 Å². The van der Waals surface area contributed by atoms with Crippen LogP contribution in [0.25, 0.3) is 187 Å². The molecule has 0 N–H and O–H groups in total. The van der Waals surface area contributed by atoms with Gasteiger partial charge in [0.2, 0.25) is 0 Å². The Hall–Kier alpha value is -11.9. The summed E-state index contributed by atoms with van der Waals surface area (Å²) in [4.78, 5) is 31.8. The molecule has 0 unspecified atom stereocenters. The van der Waals surface area contributed by atoms with E-state index in [0.29, 0.717) is 0 Å². The van der Waals surface area contributed by atoms with E-state index in [-0.39, 0.29) is 0 Å². The molecule has 18 rings (SSSR count). The summed E-state index contributed by atoms with van der Waals surface area (Å²) in [6, 6.07) is 104. The highest BCUT2D eigenvalue weighted by molar-refractivity contribution is 6.10. The summed E-state index contributed by atoms with van der Waals surface area (Å²) in [5.41, 5.74) is 21.9. The number of pyridine rings is 6. The Morgan fingerprint density at radius 3 is 1.28 bits per heavy atom. The number of hydrogen-bond acceptors (Lipinski definition) is 6. The zero-order valence-electron chi connectivity index (χ0n) is 47.4. The quantitative estimate of drug-likeness (QED) is 0.117. The van der Waals surface area contributed by atoms with Gasteiger partial charge in [0.25, 0.3) is 0 Å². The molecule has 0 aliphatic heterocycles. The molecular weight excluding hydrogens is 1070 g/mol. The van der Waals surface area contributed by atoms with Crippen molar-refractivity contribution in [2.45, 2.75) is 0 Å². The van der Waals surface area contributed by atoms with Crippen molar-refractivity contribution in [3.8, 4) is 78.4 Å². The van der Waals surface area contributed by atoms with Crippen LogP contribution in [0, 0.1) is 0 Å². The summed E-state index contributed by atoms with van der Waals surface area (Å²) in [6.45, 7) is 0. The maximum Gasteiger partial charge on any atom is 0.0972 e. The Morgan fingerprint density at radius 1 is 0.159 bits per heavy atom. The van der Waals surface area contributed by atoms with Crippen LogP contribution < -0.4 is 0 Å².